The molecule has 1 aliphatic carbocycles. The van der Waals surface area contributed by atoms with Crippen molar-refractivity contribution >= 4 is 11.4 Å². The molecule has 1 nitrogen and oxygen atoms in total. The summed E-state index contributed by atoms with van der Waals surface area (Å²) in [6.07, 6.45) is 5.49. The van der Waals surface area contributed by atoms with Gasteiger partial charge >= 0.3 is 0 Å². The summed E-state index contributed by atoms with van der Waals surface area (Å²) < 4.78 is 0. The Bertz CT molecular complexity index is 643. The average molecular weight is 396 g/mol. The van der Waals surface area contributed by atoms with Crippen LogP contribution in [0.4, 0.5) is 11.4 Å². The van der Waals surface area contributed by atoms with E-state index in [2.05, 4.69) is 81.1 Å². The van der Waals surface area contributed by atoms with Crippen LogP contribution in [-0.4, -0.2) is 6.54 Å². The minimum Gasteiger partial charge on any atom is -0.341 e. The van der Waals surface area contributed by atoms with Crippen molar-refractivity contribution in [3.8, 4) is 0 Å². The van der Waals surface area contributed by atoms with Gasteiger partial charge in [0.25, 0.3) is 0 Å². The Morgan fingerprint density at radius 3 is 1.72 bits per heavy atom. The van der Waals surface area contributed by atoms with E-state index in [4.69, 9.17) is 0 Å². The normalized spacial score (nSPS) is 20.2. The standard InChI is InChI=1S/C24H33N.2C2H6/c1-5-10-21-16-15-18(2)22(21)17-25(23-13-8-6-11-19(23)3)24-14-9-7-12-20(24)4;2*1-2/h6-9,11-14,18,21-22H,5,10,15-17H2,1-4H3;2*1-2H3. The quantitative estimate of drug-likeness (QED) is 0.471. The van der Waals surface area contributed by atoms with Gasteiger partial charge in [-0.3, -0.25) is 0 Å². The fourth-order valence-corrected chi connectivity index (χ4v) is 4.70. The number of aryl methyl sites for hydroxylation is 2. The molecule has 0 radical (unpaired) electrons. The second kappa shape index (κ2) is 13.5. The van der Waals surface area contributed by atoms with Crippen LogP contribution in [0.25, 0.3) is 0 Å². The van der Waals surface area contributed by atoms with Gasteiger partial charge in [0, 0.05) is 17.9 Å². The number of anilines is 2. The third kappa shape index (κ3) is 6.63. The zero-order valence-corrected chi connectivity index (χ0v) is 20.3. The van der Waals surface area contributed by atoms with Crippen LogP contribution in [-0.2, 0) is 0 Å². The van der Waals surface area contributed by atoms with Gasteiger partial charge in [-0.05, 0) is 61.3 Å². The van der Waals surface area contributed by atoms with Crippen molar-refractivity contribution in [2.24, 2.45) is 17.8 Å². The number of nitrogens with zero attached hydrogens (tertiary/aromatic N) is 1. The fourth-order valence-electron chi connectivity index (χ4n) is 4.70. The lowest BCUT2D eigenvalue weighted by molar-refractivity contribution is 0.317. The van der Waals surface area contributed by atoms with Crippen LogP contribution in [0, 0.1) is 31.6 Å². The summed E-state index contributed by atoms with van der Waals surface area (Å²) in [7, 11) is 0. The Morgan fingerprint density at radius 2 is 1.28 bits per heavy atom. The van der Waals surface area contributed by atoms with Crippen LogP contribution in [0.1, 0.15) is 78.4 Å². The summed E-state index contributed by atoms with van der Waals surface area (Å²) >= 11 is 0. The summed E-state index contributed by atoms with van der Waals surface area (Å²) in [6, 6.07) is 17.7. The molecule has 0 saturated heterocycles. The van der Waals surface area contributed by atoms with Gasteiger partial charge in [0.1, 0.15) is 0 Å². The summed E-state index contributed by atoms with van der Waals surface area (Å²) in [5.74, 6) is 2.50. The second-order valence-corrected chi connectivity index (χ2v) is 7.95. The second-order valence-electron chi connectivity index (χ2n) is 7.95. The van der Waals surface area contributed by atoms with E-state index in [9.17, 15) is 0 Å². The van der Waals surface area contributed by atoms with E-state index in [0.717, 1.165) is 24.3 Å². The van der Waals surface area contributed by atoms with Gasteiger partial charge in [0.05, 0.1) is 0 Å². The van der Waals surface area contributed by atoms with Gasteiger partial charge in [0.15, 0.2) is 0 Å². The smallest absolute Gasteiger partial charge is 0.0440 e. The SMILES string of the molecule is CC.CC.CCCC1CCC(C)C1CN(c1ccccc1C)c1ccccc1C. The molecule has 0 bridgehead atoms. The highest BCUT2D eigenvalue weighted by atomic mass is 15.1. The molecule has 3 unspecified atom stereocenters. The number of hydrogen-bond donors (Lipinski definition) is 0. The Balaban J connectivity index is 0.000000989. The van der Waals surface area contributed by atoms with Crippen LogP contribution < -0.4 is 4.90 Å². The number of rotatable bonds is 6. The Hall–Kier alpha value is -1.76. The highest BCUT2D eigenvalue weighted by molar-refractivity contribution is 5.68. The monoisotopic (exact) mass is 395 g/mol. The van der Waals surface area contributed by atoms with Crippen molar-refractivity contribution in [3.05, 3.63) is 59.7 Å². The van der Waals surface area contributed by atoms with E-state index in [-0.39, 0.29) is 0 Å². The molecule has 2 aromatic carbocycles. The van der Waals surface area contributed by atoms with E-state index in [1.54, 1.807) is 0 Å². The minimum atomic E-state index is 0.791. The summed E-state index contributed by atoms with van der Waals surface area (Å²) in [5, 5.41) is 0. The number of hydrogen-bond acceptors (Lipinski definition) is 1. The lowest BCUT2D eigenvalue weighted by Crippen LogP contribution is -2.31. The van der Waals surface area contributed by atoms with Crippen molar-refractivity contribution in [2.75, 3.05) is 11.4 Å². The van der Waals surface area contributed by atoms with E-state index >= 15 is 0 Å². The highest BCUT2D eigenvalue weighted by Crippen LogP contribution is 2.42. The van der Waals surface area contributed by atoms with E-state index in [1.165, 1.54) is 48.2 Å². The van der Waals surface area contributed by atoms with Crippen molar-refractivity contribution in [1.82, 2.24) is 0 Å². The highest BCUT2D eigenvalue weighted by Gasteiger charge is 2.34. The van der Waals surface area contributed by atoms with Crippen LogP contribution in [0.15, 0.2) is 48.5 Å². The maximum atomic E-state index is 2.60. The van der Waals surface area contributed by atoms with Crippen molar-refractivity contribution in [2.45, 2.75) is 81.1 Å². The molecule has 0 aromatic heterocycles. The van der Waals surface area contributed by atoms with E-state index < -0.39 is 0 Å². The fraction of sp³-hybridized carbons (Fsp3) is 0.571. The van der Waals surface area contributed by atoms with Crippen LogP contribution >= 0.6 is 0 Å². The number of benzene rings is 2. The van der Waals surface area contributed by atoms with Crippen molar-refractivity contribution < 1.29 is 0 Å². The van der Waals surface area contributed by atoms with Crippen LogP contribution in [0.5, 0.6) is 0 Å². The minimum absolute atomic E-state index is 0.791. The molecule has 0 spiro atoms. The van der Waals surface area contributed by atoms with Gasteiger partial charge in [-0.2, -0.15) is 0 Å². The summed E-state index contributed by atoms with van der Waals surface area (Å²) in [6.45, 7) is 18.4. The first-order valence-electron chi connectivity index (χ1n) is 12.0. The molecule has 0 amide bonds. The maximum absolute atomic E-state index is 2.60. The molecule has 0 heterocycles. The zero-order valence-electron chi connectivity index (χ0n) is 20.3. The lowest BCUT2D eigenvalue weighted by atomic mass is 9.86. The molecule has 0 N–H and O–H groups in total. The Labute approximate surface area is 181 Å². The largest absolute Gasteiger partial charge is 0.341 e. The van der Waals surface area contributed by atoms with Gasteiger partial charge in [-0.15, -0.1) is 0 Å². The molecule has 1 fully saturated rings. The Kier molecular flexibility index (Phi) is 11.7. The first kappa shape index (κ1) is 25.3. The van der Waals surface area contributed by atoms with Crippen molar-refractivity contribution in [3.63, 3.8) is 0 Å². The van der Waals surface area contributed by atoms with Crippen LogP contribution in [0.2, 0.25) is 0 Å². The molecule has 162 valence electrons. The molecule has 3 atom stereocenters. The van der Waals surface area contributed by atoms with Crippen LogP contribution in [0.3, 0.4) is 0 Å². The molecule has 3 rings (SSSR count). The summed E-state index contributed by atoms with van der Waals surface area (Å²) in [4.78, 5) is 2.60. The topological polar surface area (TPSA) is 3.24 Å². The third-order valence-electron chi connectivity index (χ3n) is 6.19. The van der Waals surface area contributed by atoms with Crippen molar-refractivity contribution in [1.29, 1.82) is 0 Å². The first-order valence-corrected chi connectivity index (χ1v) is 12.0. The molecular weight excluding hydrogens is 350 g/mol. The Morgan fingerprint density at radius 1 is 0.793 bits per heavy atom. The third-order valence-corrected chi connectivity index (χ3v) is 6.19. The first-order chi connectivity index (χ1) is 14.1. The predicted octanol–water partition coefficient (Wildman–Crippen LogP) is 8.96. The molecule has 0 aliphatic heterocycles. The number of para-hydroxylation sites is 2. The van der Waals surface area contributed by atoms with Gasteiger partial charge in [-0.25, -0.2) is 0 Å². The van der Waals surface area contributed by atoms with E-state index in [1.807, 2.05) is 27.7 Å². The summed E-state index contributed by atoms with van der Waals surface area (Å²) in [5.41, 5.74) is 5.46. The predicted molar refractivity (Wildman–Crippen MR) is 132 cm³/mol. The van der Waals surface area contributed by atoms with Gasteiger partial charge < -0.3 is 4.90 Å². The maximum Gasteiger partial charge on any atom is 0.0440 e. The zero-order chi connectivity index (χ0) is 21.8. The molecule has 29 heavy (non-hydrogen) atoms. The molecule has 1 aliphatic rings. The lowest BCUT2D eigenvalue weighted by Gasteiger charge is -2.34. The molecule has 1 heteroatoms. The average Bonchev–Trinajstić information content (AvgIpc) is 3.10. The van der Waals surface area contributed by atoms with Gasteiger partial charge in [-0.1, -0.05) is 97.2 Å². The van der Waals surface area contributed by atoms with E-state index in [0.29, 0.717) is 0 Å². The molecular formula is C28H45N. The molecule has 2 aromatic rings. The van der Waals surface area contributed by atoms with Gasteiger partial charge in [0.2, 0.25) is 0 Å². The molecule has 1 saturated carbocycles.